The minimum absolute atomic E-state index is 0.0103. The number of hydrogen-bond acceptors (Lipinski definition) is 22. The summed E-state index contributed by atoms with van der Waals surface area (Å²) in [5.74, 6) is -1.93. The number of methoxy groups -OCH3 is 2. The molecule has 26 heteroatoms. The molecule has 0 saturated carbocycles. The van der Waals surface area contributed by atoms with Crippen molar-refractivity contribution < 1.29 is 85.1 Å². The third-order valence-electron chi connectivity index (χ3n) is 14.1. The van der Waals surface area contributed by atoms with Gasteiger partial charge in [-0.15, -0.1) is 0 Å². The maximum Gasteiger partial charge on any atom is 0.303 e. The second kappa shape index (κ2) is 30.8. The highest BCUT2D eigenvalue weighted by Gasteiger charge is 2.53. The number of anilines is 1. The molecule has 0 bridgehead atoms. The predicted octanol–water partition coefficient (Wildman–Crippen LogP) is 7.69. The van der Waals surface area contributed by atoms with Crippen LogP contribution in [0.2, 0.25) is 0 Å². The van der Waals surface area contributed by atoms with Crippen molar-refractivity contribution in [3.63, 3.8) is 0 Å². The zero-order valence-corrected chi connectivity index (χ0v) is 51.6. The van der Waals surface area contributed by atoms with E-state index in [1.54, 1.807) is 43.1 Å². The Hall–Kier alpha value is -7.87. The smallest absolute Gasteiger partial charge is 0.303 e. The average Bonchev–Trinajstić information content (AvgIpc) is 1.38. The molecule has 6 aromatic rings. The van der Waals surface area contributed by atoms with E-state index in [1.165, 1.54) is 13.3 Å². The number of nitrogens with one attached hydrogen (secondary N) is 2. The molecule has 4 aromatic carbocycles. The van der Waals surface area contributed by atoms with Crippen LogP contribution in [0.25, 0.3) is 11.2 Å². The van der Waals surface area contributed by atoms with Gasteiger partial charge >= 0.3 is 23.9 Å². The first kappa shape index (κ1) is 66.1. The molecule has 1 unspecified atom stereocenters. The molecule has 2 aliphatic rings. The monoisotopic (exact) mass is 1240 g/mol. The second-order valence-corrected chi connectivity index (χ2v) is 22.5. The van der Waals surface area contributed by atoms with Crippen molar-refractivity contribution in [3.05, 3.63) is 143 Å². The first-order valence-corrected chi connectivity index (χ1v) is 29.8. The Labute approximate surface area is 510 Å². The van der Waals surface area contributed by atoms with E-state index in [0.717, 1.165) is 37.5 Å². The van der Waals surface area contributed by atoms with Crippen molar-refractivity contribution in [3.8, 4) is 17.2 Å². The number of imidazole rings is 1. The van der Waals surface area contributed by atoms with Gasteiger partial charge in [0.05, 0.1) is 46.5 Å². The highest BCUT2D eigenvalue weighted by Crippen LogP contribution is 2.51. The minimum atomic E-state index is -1.97. The topological polar surface area (TPSA) is 284 Å². The molecule has 2 aliphatic heterocycles. The van der Waals surface area contributed by atoms with Gasteiger partial charge in [0.2, 0.25) is 5.95 Å². The summed E-state index contributed by atoms with van der Waals surface area (Å²) in [7, 11) is 1.22. The highest BCUT2D eigenvalue weighted by atomic mass is 31.2. The molecule has 0 spiro atoms. The Kier molecular flexibility index (Phi) is 23.2. The molecule has 9 atom stereocenters. The van der Waals surface area contributed by atoms with Crippen molar-refractivity contribution in [1.29, 1.82) is 0 Å². The van der Waals surface area contributed by atoms with Gasteiger partial charge in [0.15, 0.2) is 42.4 Å². The average molecular weight is 1240 g/mol. The standard InChI is InChI=1S/C62H75N6O19P/c1-37(2)68(38(3)4)88(81-31-17-30-77-60-57(84-42(8)72)56(83-41(7)71)55(82-40(6)70)51(86-60)33-78-39(5)69)87-49-32-53(67-36-63-54-58(67)65-61(66-59(54)74)64-52(73)35-79-48-20-15-12-16-21-48)85-50(49)34-80-62(43-18-13-11-14-19-43,44-22-26-46(75-9)27-23-44)45-24-28-47(76-10)29-25-45/h11-16,18-29,36-38,49-51,53,55-57,60H,17,30-35H2,1-10H3,(H2,64,65,66,73,74)/t49-,50+,51+,53+,55+,56-,57+,60+,88?/m0/s1. The molecule has 2 aromatic heterocycles. The number of benzene rings is 4. The van der Waals surface area contributed by atoms with Crippen LogP contribution in [0.3, 0.4) is 0 Å². The molecular formula is C62H75N6O19P. The van der Waals surface area contributed by atoms with Gasteiger partial charge in [0, 0.05) is 46.2 Å². The number of rotatable bonds is 29. The van der Waals surface area contributed by atoms with E-state index in [-0.39, 0.29) is 68.5 Å². The molecule has 8 rings (SSSR count). The molecule has 0 radical (unpaired) electrons. The van der Waals surface area contributed by atoms with Crippen LogP contribution in [0.15, 0.2) is 120 Å². The number of aromatic nitrogens is 4. The first-order valence-electron chi connectivity index (χ1n) is 28.7. The molecule has 88 heavy (non-hydrogen) atoms. The van der Waals surface area contributed by atoms with Gasteiger partial charge in [-0.25, -0.2) is 9.65 Å². The maximum atomic E-state index is 13.7. The zero-order chi connectivity index (χ0) is 63.1. The summed E-state index contributed by atoms with van der Waals surface area (Å²) >= 11 is 0. The van der Waals surface area contributed by atoms with Gasteiger partial charge in [-0.2, -0.15) is 4.98 Å². The van der Waals surface area contributed by atoms with E-state index in [4.69, 9.17) is 61.2 Å². The summed E-state index contributed by atoms with van der Waals surface area (Å²) in [6.07, 6.45) is -7.54. The van der Waals surface area contributed by atoms with Gasteiger partial charge in [-0.1, -0.05) is 72.8 Å². The number of ether oxygens (including phenoxy) is 11. The summed E-state index contributed by atoms with van der Waals surface area (Å²) in [5, 5.41) is 2.63. The fourth-order valence-corrected chi connectivity index (χ4v) is 12.2. The van der Waals surface area contributed by atoms with Gasteiger partial charge in [0.1, 0.15) is 47.9 Å². The maximum absolute atomic E-state index is 13.7. The largest absolute Gasteiger partial charge is 0.497 e. The number of H-pyrrole nitrogens is 1. The molecule has 1 amide bonds. The summed E-state index contributed by atoms with van der Waals surface area (Å²) in [5.41, 5.74) is 0.555. The van der Waals surface area contributed by atoms with Crippen LogP contribution in [-0.4, -0.2) is 156 Å². The van der Waals surface area contributed by atoms with Crippen LogP contribution < -0.4 is 25.1 Å². The van der Waals surface area contributed by atoms with E-state index in [1.807, 2.05) is 113 Å². The minimum Gasteiger partial charge on any atom is -0.497 e. The van der Waals surface area contributed by atoms with Gasteiger partial charge < -0.3 is 61.2 Å². The summed E-state index contributed by atoms with van der Waals surface area (Å²) < 4.78 is 83.5. The van der Waals surface area contributed by atoms with Crippen molar-refractivity contribution in [2.24, 2.45) is 0 Å². The van der Waals surface area contributed by atoms with Crippen LogP contribution in [0.4, 0.5) is 5.95 Å². The Morgan fingerprint density at radius 3 is 1.86 bits per heavy atom. The number of aromatic amines is 1. The summed E-state index contributed by atoms with van der Waals surface area (Å²) in [4.78, 5) is 87.9. The van der Waals surface area contributed by atoms with Crippen molar-refractivity contribution >= 4 is 55.4 Å². The van der Waals surface area contributed by atoms with Gasteiger partial charge in [0.25, 0.3) is 20.0 Å². The second-order valence-electron chi connectivity index (χ2n) is 21.1. The first-order chi connectivity index (χ1) is 42.3. The normalized spacial score (nSPS) is 20.6. The molecular weight excluding hydrogens is 1160 g/mol. The number of carbonyl (C=O) groups excluding carboxylic acids is 5. The molecule has 472 valence electrons. The zero-order valence-electron chi connectivity index (χ0n) is 50.7. The molecule has 2 N–H and O–H groups in total. The fourth-order valence-electron chi connectivity index (χ4n) is 10.4. The van der Waals surface area contributed by atoms with Crippen molar-refractivity contribution in [1.82, 2.24) is 24.2 Å². The number of hydrogen-bond donors (Lipinski definition) is 2. The molecule has 0 aliphatic carbocycles. The molecule has 4 heterocycles. The van der Waals surface area contributed by atoms with Crippen LogP contribution in [-0.2, 0) is 76.5 Å². The quantitative estimate of drug-likeness (QED) is 0.0150. The fraction of sp³-hybridized carbons (Fsp3) is 0.452. The number of carbonyl (C=O) groups is 5. The molecule has 2 fully saturated rings. The van der Waals surface area contributed by atoms with Crippen molar-refractivity contribution in [2.45, 2.75) is 135 Å². The van der Waals surface area contributed by atoms with Crippen LogP contribution in [0.1, 0.15) is 91.1 Å². The molecule has 2 saturated heterocycles. The van der Waals surface area contributed by atoms with Crippen LogP contribution >= 0.6 is 8.53 Å². The summed E-state index contributed by atoms with van der Waals surface area (Å²) in [6, 6.07) is 33.6. The van der Waals surface area contributed by atoms with Gasteiger partial charge in [-0.3, -0.25) is 43.6 Å². The number of amides is 1. The Morgan fingerprint density at radius 2 is 1.28 bits per heavy atom. The SMILES string of the molecule is COc1ccc(C(OC[C@H]2O[C@@H](n3cnc4c(=O)[nH]c(NC(=O)COc5ccccc5)nc43)C[C@@H]2OP(OCCCO[C@@H]2O[C@H](COC(C)=O)[C@@H](OC(C)=O)[C@H](OC(C)=O)[C@H]2OC(C)=O)N(C(C)C)C(C)C)(c2ccccc2)c2ccc(OC)cc2)cc1. The Morgan fingerprint density at radius 1 is 0.705 bits per heavy atom. The lowest BCUT2D eigenvalue weighted by Crippen LogP contribution is -2.63. The van der Waals surface area contributed by atoms with E-state index < -0.39 is 105 Å². The predicted molar refractivity (Wildman–Crippen MR) is 318 cm³/mol. The third-order valence-corrected chi connectivity index (χ3v) is 16.3. The number of esters is 4. The Balaban J connectivity index is 1.11. The number of fused-ring (bicyclic) bond motifs is 1. The van der Waals surface area contributed by atoms with Crippen molar-refractivity contribution in [2.75, 3.05) is 52.6 Å². The van der Waals surface area contributed by atoms with E-state index in [2.05, 4.69) is 24.9 Å². The van der Waals surface area contributed by atoms with Crippen LogP contribution in [0, 0.1) is 0 Å². The van der Waals surface area contributed by atoms with Gasteiger partial charge in [-0.05, 0) is 87.2 Å². The number of para-hydroxylation sites is 1. The lowest BCUT2D eigenvalue weighted by Gasteiger charge is -2.44. The van der Waals surface area contributed by atoms with E-state index >= 15 is 0 Å². The lowest BCUT2D eigenvalue weighted by atomic mass is 9.80. The molecule has 25 nitrogen and oxygen atoms in total. The van der Waals surface area contributed by atoms with Crippen LogP contribution in [0.5, 0.6) is 17.2 Å². The highest BCUT2D eigenvalue weighted by molar-refractivity contribution is 7.44. The third kappa shape index (κ3) is 16.6. The number of nitrogens with zero attached hydrogens (tertiary/aromatic N) is 4. The Bertz CT molecular complexity index is 3280. The van der Waals surface area contributed by atoms with E-state index in [9.17, 15) is 28.8 Å². The lowest BCUT2D eigenvalue weighted by molar-refractivity contribution is -0.308. The summed E-state index contributed by atoms with van der Waals surface area (Å²) in [6.45, 7) is 11.8. The van der Waals surface area contributed by atoms with E-state index in [0.29, 0.717) is 17.2 Å².